The van der Waals surface area contributed by atoms with E-state index in [-0.39, 0.29) is 6.03 Å². The number of benzene rings is 1. The molecule has 0 saturated heterocycles. The number of hydrogen-bond donors (Lipinski definition) is 2. The summed E-state index contributed by atoms with van der Waals surface area (Å²) in [6, 6.07) is 13.9. The molecule has 0 unspecified atom stereocenters. The SMILES string of the molecule is O=C(NCCn1cc(-c2ccccc2)cn1)NCc1cccs1. The Hall–Kier alpha value is -2.60. The van der Waals surface area contributed by atoms with Crippen LogP contribution in [-0.4, -0.2) is 22.4 Å². The normalized spacial score (nSPS) is 10.4. The largest absolute Gasteiger partial charge is 0.336 e. The molecule has 118 valence electrons. The molecule has 6 heteroatoms. The summed E-state index contributed by atoms with van der Waals surface area (Å²) in [6.07, 6.45) is 3.83. The van der Waals surface area contributed by atoms with Gasteiger partial charge in [0.25, 0.3) is 0 Å². The lowest BCUT2D eigenvalue weighted by Gasteiger charge is -2.06. The molecule has 0 fully saturated rings. The highest BCUT2D eigenvalue weighted by Gasteiger charge is 2.03. The Bertz CT molecular complexity index is 737. The van der Waals surface area contributed by atoms with Gasteiger partial charge in [0.1, 0.15) is 0 Å². The molecule has 2 aromatic heterocycles. The van der Waals surface area contributed by atoms with Crippen LogP contribution in [0.5, 0.6) is 0 Å². The number of nitrogens with one attached hydrogen (secondary N) is 2. The molecular formula is C17H18N4OS. The Kier molecular flexibility index (Phi) is 5.06. The first-order valence-electron chi connectivity index (χ1n) is 7.43. The number of aromatic nitrogens is 2. The van der Waals surface area contributed by atoms with Crippen molar-refractivity contribution in [1.29, 1.82) is 0 Å². The van der Waals surface area contributed by atoms with Crippen LogP contribution in [0.25, 0.3) is 11.1 Å². The summed E-state index contributed by atoms with van der Waals surface area (Å²) < 4.78 is 1.84. The van der Waals surface area contributed by atoms with Crippen LogP contribution in [0.4, 0.5) is 4.79 Å². The summed E-state index contributed by atoms with van der Waals surface area (Å²) in [5, 5.41) is 12.0. The van der Waals surface area contributed by atoms with E-state index in [4.69, 9.17) is 0 Å². The molecule has 3 rings (SSSR count). The van der Waals surface area contributed by atoms with Crippen molar-refractivity contribution in [3.8, 4) is 11.1 Å². The molecule has 23 heavy (non-hydrogen) atoms. The minimum absolute atomic E-state index is 0.158. The van der Waals surface area contributed by atoms with Crippen molar-refractivity contribution in [3.05, 3.63) is 65.1 Å². The number of carbonyl (C=O) groups excluding carboxylic acids is 1. The van der Waals surface area contributed by atoms with E-state index >= 15 is 0 Å². The standard InChI is InChI=1S/C17H18N4OS/c22-17(19-12-16-7-4-10-23-16)18-8-9-21-13-15(11-20-21)14-5-2-1-3-6-14/h1-7,10-11,13H,8-9,12H2,(H2,18,19,22). The van der Waals surface area contributed by atoms with E-state index in [1.165, 1.54) is 0 Å². The number of urea groups is 1. The van der Waals surface area contributed by atoms with Gasteiger partial charge in [-0.15, -0.1) is 11.3 Å². The topological polar surface area (TPSA) is 59.0 Å². The van der Waals surface area contributed by atoms with E-state index in [9.17, 15) is 4.79 Å². The van der Waals surface area contributed by atoms with Crippen molar-refractivity contribution in [3.63, 3.8) is 0 Å². The molecule has 0 aliphatic carbocycles. The molecule has 1 aromatic carbocycles. The van der Waals surface area contributed by atoms with Gasteiger partial charge in [-0.1, -0.05) is 36.4 Å². The predicted octanol–water partition coefficient (Wildman–Crippen LogP) is 3.11. The van der Waals surface area contributed by atoms with Crippen molar-refractivity contribution in [1.82, 2.24) is 20.4 Å². The summed E-state index contributed by atoms with van der Waals surface area (Å²) in [7, 11) is 0. The van der Waals surface area contributed by atoms with Crippen LogP contribution in [0.15, 0.2) is 60.2 Å². The molecule has 0 spiro atoms. The highest BCUT2D eigenvalue weighted by atomic mass is 32.1. The summed E-state index contributed by atoms with van der Waals surface area (Å²) in [5.41, 5.74) is 2.22. The summed E-state index contributed by atoms with van der Waals surface area (Å²) >= 11 is 1.63. The molecule has 0 bridgehead atoms. The fourth-order valence-corrected chi connectivity index (χ4v) is 2.84. The average Bonchev–Trinajstić information content (AvgIpc) is 3.26. The molecule has 0 radical (unpaired) electrons. The Morgan fingerprint density at radius 2 is 1.96 bits per heavy atom. The monoisotopic (exact) mass is 326 g/mol. The van der Waals surface area contributed by atoms with Gasteiger partial charge in [0.2, 0.25) is 0 Å². The number of rotatable bonds is 6. The zero-order valence-corrected chi connectivity index (χ0v) is 13.4. The summed E-state index contributed by atoms with van der Waals surface area (Å²) in [6.45, 7) is 1.73. The Labute approximate surface area is 139 Å². The van der Waals surface area contributed by atoms with Crippen LogP contribution in [0.1, 0.15) is 4.88 Å². The van der Waals surface area contributed by atoms with E-state index in [1.807, 2.05) is 52.8 Å². The fraction of sp³-hybridized carbons (Fsp3) is 0.176. The van der Waals surface area contributed by atoms with Gasteiger partial charge in [-0.3, -0.25) is 4.68 Å². The Morgan fingerprint density at radius 1 is 1.09 bits per heavy atom. The van der Waals surface area contributed by atoms with Crippen LogP contribution in [-0.2, 0) is 13.1 Å². The molecule has 2 heterocycles. The maximum absolute atomic E-state index is 11.7. The number of hydrogen-bond acceptors (Lipinski definition) is 3. The van der Waals surface area contributed by atoms with Crippen molar-refractivity contribution in [2.45, 2.75) is 13.1 Å². The first-order valence-corrected chi connectivity index (χ1v) is 8.31. The van der Waals surface area contributed by atoms with Gasteiger partial charge in [0.15, 0.2) is 0 Å². The molecule has 2 N–H and O–H groups in total. The van der Waals surface area contributed by atoms with Crippen molar-refractivity contribution < 1.29 is 4.79 Å². The third-order valence-electron chi connectivity index (χ3n) is 3.37. The second-order valence-corrected chi connectivity index (χ2v) is 6.08. The van der Waals surface area contributed by atoms with E-state index in [1.54, 1.807) is 11.3 Å². The molecule has 0 aliphatic rings. The van der Waals surface area contributed by atoms with Crippen LogP contribution >= 0.6 is 11.3 Å². The van der Waals surface area contributed by atoms with Gasteiger partial charge >= 0.3 is 6.03 Å². The number of carbonyl (C=O) groups is 1. The maximum atomic E-state index is 11.7. The first kappa shape index (κ1) is 15.3. The van der Waals surface area contributed by atoms with Crippen LogP contribution in [0, 0.1) is 0 Å². The summed E-state index contributed by atoms with van der Waals surface area (Å²) in [5.74, 6) is 0. The minimum atomic E-state index is -0.158. The van der Waals surface area contributed by atoms with Crippen LogP contribution < -0.4 is 10.6 Å². The zero-order valence-electron chi connectivity index (χ0n) is 12.6. The molecule has 3 aromatic rings. The van der Waals surface area contributed by atoms with Gasteiger partial charge in [-0.2, -0.15) is 5.10 Å². The number of nitrogens with zero attached hydrogens (tertiary/aromatic N) is 2. The number of amides is 2. The van der Waals surface area contributed by atoms with Crippen LogP contribution in [0.2, 0.25) is 0 Å². The van der Waals surface area contributed by atoms with Crippen molar-refractivity contribution >= 4 is 17.4 Å². The quantitative estimate of drug-likeness (QED) is 0.731. The van der Waals surface area contributed by atoms with Gasteiger partial charge < -0.3 is 10.6 Å². The van der Waals surface area contributed by atoms with E-state index in [0.29, 0.717) is 19.6 Å². The van der Waals surface area contributed by atoms with Gasteiger partial charge in [-0.05, 0) is 17.0 Å². The summed E-state index contributed by atoms with van der Waals surface area (Å²) in [4.78, 5) is 12.8. The van der Waals surface area contributed by atoms with Crippen LogP contribution in [0.3, 0.4) is 0 Å². The molecule has 0 atom stereocenters. The Morgan fingerprint density at radius 3 is 2.74 bits per heavy atom. The van der Waals surface area contributed by atoms with Crippen molar-refractivity contribution in [2.75, 3.05) is 6.54 Å². The van der Waals surface area contributed by atoms with E-state index in [0.717, 1.165) is 16.0 Å². The predicted molar refractivity (Wildman–Crippen MR) is 92.2 cm³/mol. The lowest BCUT2D eigenvalue weighted by Crippen LogP contribution is -2.36. The van der Waals surface area contributed by atoms with Crippen molar-refractivity contribution in [2.24, 2.45) is 0 Å². The van der Waals surface area contributed by atoms with Gasteiger partial charge in [0, 0.05) is 23.2 Å². The lowest BCUT2D eigenvalue weighted by atomic mass is 10.1. The third kappa shape index (κ3) is 4.43. The molecule has 0 saturated carbocycles. The third-order valence-corrected chi connectivity index (χ3v) is 4.25. The van der Waals surface area contributed by atoms with Gasteiger partial charge in [0.05, 0.1) is 19.3 Å². The smallest absolute Gasteiger partial charge is 0.315 e. The molecule has 5 nitrogen and oxygen atoms in total. The average molecular weight is 326 g/mol. The molecule has 2 amide bonds. The van der Waals surface area contributed by atoms with Gasteiger partial charge in [-0.25, -0.2) is 4.79 Å². The fourth-order valence-electron chi connectivity index (χ4n) is 2.19. The lowest BCUT2D eigenvalue weighted by molar-refractivity contribution is 0.240. The highest BCUT2D eigenvalue weighted by Crippen LogP contribution is 2.17. The molecular weight excluding hydrogens is 308 g/mol. The maximum Gasteiger partial charge on any atom is 0.315 e. The first-order chi connectivity index (χ1) is 11.3. The second-order valence-electron chi connectivity index (χ2n) is 5.05. The second kappa shape index (κ2) is 7.60. The highest BCUT2D eigenvalue weighted by molar-refractivity contribution is 7.09. The van der Waals surface area contributed by atoms with E-state index < -0.39 is 0 Å². The Balaban J connectivity index is 1.42. The molecule has 0 aliphatic heterocycles. The number of thiophene rings is 1. The zero-order chi connectivity index (χ0) is 15.9. The van der Waals surface area contributed by atoms with E-state index in [2.05, 4.69) is 27.9 Å². The minimum Gasteiger partial charge on any atom is -0.336 e.